The van der Waals surface area contributed by atoms with Crippen LogP contribution in [0.5, 0.6) is 5.88 Å². The normalized spacial score (nSPS) is 16.0. The monoisotopic (exact) mass is 429 g/mol. The molecular formula is C23H32FN5O2. The van der Waals surface area contributed by atoms with Gasteiger partial charge in [-0.15, -0.1) is 0 Å². The Bertz CT molecular complexity index is 825. The molecule has 1 atom stereocenters. The second kappa shape index (κ2) is 12.2. The van der Waals surface area contributed by atoms with Gasteiger partial charge in [-0.05, 0) is 43.2 Å². The Labute approximate surface area is 183 Å². The third-order valence-electron chi connectivity index (χ3n) is 5.06. The fourth-order valence-corrected chi connectivity index (χ4v) is 3.51. The lowest BCUT2D eigenvalue weighted by molar-refractivity contribution is 0.0170. The summed E-state index contributed by atoms with van der Waals surface area (Å²) >= 11 is 0. The van der Waals surface area contributed by atoms with Crippen molar-refractivity contribution in [3.8, 4) is 5.88 Å². The standard InChI is InChI=1S/C23H32FN5O2/c1-3-25-23(27-16-18-9-10-26-22(15-18)31-4-2)28-17-21(29-11-13-30-14-12-29)19-5-7-20(24)8-6-19/h5-10,15,21H,3-4,11-14,16-17H2,1-2H3,(H2,25,27,28). The van der Waals surface area contributed by atoms with Crippen molar-refractivity contribution in [2.75, 3.05) is 46.0 Å². The molecule has 0 spiro atoms. The summed E-state index contributed by atoms with van der Waals surface area (Å²) in [6.07, 6.45) is 1.74. The summed E-state index contributed by atoms with van der Waals surface area (Å²) in [6, 6.07) is 10.7. The van der Waals surface area contributed by atoms with Gasteiger partial charge in [0.1, 0.15) is 5.82 Å². The summed E-state index contributed by atoms with van der Waals surface area (Å²) in [5, 5.41) is 6.76. The van der Waals surface area contributed by atoms with Gasteiger partial charge < -0.3 is 20.1 Å². The summed E-state index contributed by atoms with van der Waals surface area (Å²) in [7, 11) is 0. The second-order valence-electron chi connectivity index (χ2n) is 7.23. The van der Waals surface area contributed by atoms with Crippen LogP contribution in [0.2, 0.25) is 0 Å². The number of guanidine groups is 1. The van der Waals surface area contributed by atoms with Gasteiger partial charge in [-0.2, -0.15) is 0 Å². The molecular weight excluding hydrogens is 397 g/mol. The number of halogens is 1. The zero-order valence-corrected chi connectivity index (χ0v) is 18.3. The van der Waals surface area contributed by atoms with E-state index in [0.29, 0.717) is 38.8 Å². The molecule has 2 aromatic rings. The first-order valence-electron chi connectivity index (χ1n) is 10.9. The summed E-state index contributed by atoms with van der Waals surface area (Å²) in [5.74, 6) is 1.12. The zero-order chi connectivity index (χ0) is 21.9. The molecule has 1 fully saturated rings. The van der Waals surface area contributed by atoms with E-state index < -0.39 is 0 Å². The maximum atomic E-state index is 13.5. The van der Waals surface area contributed by atoms with Crippen LogP contribution in [0.15, 0.2) is 47.6 Å². The average molecular weight is 430 g/mol. The topological polar surface area (TPSA) is 71.0 Å². The van der Waals surface area contributed by atoms with Crippen molar-refractivity contribution in [1.82, 2.24) is 20.5 Å². The molecule has 7 nitrogen and oxygen atoms in total. The molecule has 2 N–H and O–H groups in total. The van der Waals surface area contributed by atoms with Gasteiger partial charge in [-0.25, -0.2) is 14.4 Å². The number of nitrogens with zero attached hydrogens (tertiary/aromatic N) is 3. The fourth-order valence-electron chi connectivity index (χ4n) is 3.51. The Balaban J connectivity index is 1.69. The van der Waals surface area contributed by atoms with Gasteiger partial charge in [0.2, 0.25) is 5.88 Å². The van der Waals surface area contributed by atoms with Crippen LogP contribution >= 0.6 is 0 Å². The molecule has 1 unspecified atom stereocenters. The lowest BCUT2D eigenvalue weighted by Crippen LogP contribution is -2.46. The van der Waals surface area contributed by atoms with E-state index in [0.717, 1.165) is 36.7 Å². The number of hydrogen-bond acceptors (Lipinski definition) is 5. The van der Waals surface area contributed by atoms with Crippen LogP contribution in [0.1, 0.15) is 31.0 Å². The van der Waals surface area contributed by atoms with Crippen LogP contribution in [-0.4, -0.2) is 61.8 Å². The van der Waals surface area contributed by atoms with E-state index in [1.807, 2.05) is 38.1 Å². The molecule has 1 aromatic heterocycles. The maximum absolute atomic E-state index is 13.5. The van der Waals surface area contributed by atoms with Gasteiger partial charge in [-0.1, -0.05) is 12.1 Å². The number of morpholine rings is 1. The van der Waals surface area contributed by atoms with E-state index in [1.54, 1.807) is 6.20 Å². The fraction of sp³-hybridized carbons (Fsp3) is 0.478. The van der Waals surface area contributed by atoms with Crippen molar-refractivity contribution >= 4 is 5.96 Å². The predicted octanol–water partition coefficient (Wildman–Crippen LogP) is 2.75. The molecule has 0 radical (unpaired) electrons. The van der Waals surface area contributed by atoms with Crippen molar-refractivity contribution in [2.24, 2.45) is 4.99 Å². The highest BCUT2D eigenvalue weighted by Crippen LogP contribution is 2.21. The van der Waals surface area contributed by atoms with E-state index in [9.17, 15) is 4.39 Å². The molecule has 1 aliphatic rings. The van der Waals surface area contributed by atoms with Gasteiger partial charge in [0.15, 0.2) is 5.96 Å². The SMILES string of the molecule is CCNC(=NCc1ccnc(OCC)c1)NCC(c1ccc(F)cc1)N1CCOCC1. The molecule has 1 aromatic carbocycles. The van der Waals surface area contributed by atoms with E-state index in [4.69, 9.17) is 14.5 Å². The molecule has 0 saturated carbocycles. The number of hydrogen-bond donors (Lipinski definition) is 2. The molecule has 8 heteroatoms. The molecule has 1 saturated heterocycles. The third kappa shape index (κ3) is 7.18. The smallest absolute Gasteiger partial charge is 0.213 e. The number of ether oxygens (including phenoxy) is 2. The lowest BCUT2D eigenvalue weighted by atomic mass is 10.0. The molecule has 31 heavy (non-hydrogen) atoms. The van der Waals surface area contributed by atoms with Crippen molar-refractivity contribution in [1.29, 1.82) is 0 Å². The number of aromatic nitrogens is 1. The average Bonchev–Trinajstić information content (AvgIpc) is 2.80. The summed E-state index contributed by atoms with van der Waals surface area (Å²) in [4.78, 5) is 11.3. The number of benzene rings is 1. The minimum absolute atomic E-state index is 0.0961. The maximum Gasteiger partial charge on any atom is 0.213 e. The van der Waals surface area contributed by atoms with Gasteiger partial charge in [0.05, 0.1) is 32.4 Å². The van der Waals surface area contributed by atoms with Crippen LogP contribution in [0, 0.1) is 5.82 Å². The Morgan fingerprint density at radius 3 is 2.68 bits per heavy atom. The summed E-state index contributed by atoms with van der Waals surface area (Å²) in [6.45, 7) is 9.56. The first-order chi connectivity index (χ1) is 15.2. The van der Waals surface area contributed by atoms with Crippen LogP contribution in [0.4, 0.5) is 4.39 Å². The quantitative estimate of drug-likeness (QED) is 0.472. The number of aliphatic imine (C=N–C) groups is 1. The molecule has 0 aliphatic carbocycles. The molecule has 0 bridgehead atoms. The van der Waals surface area contributed by atoms with Crippen molar-refractivity contribution < 1.29 is 13.9 Å². The highest BCUT2D eigenvalue weighted by Gasteiger charge is 2.23. The molecule has 168 valence electrons. The molecule has 3 rings (SSSR count). The first kappa shape index (κ1) is 23.0. The van der Waals surface area contributed by atoms with E-state index in [-0.39, 0.29) is 11.9 Å². The van der Waals surface area contributed by atoms with E-state index >= 15 is 0 Å². The van der Waals surface area contributed by atoms with Crippen molar-refractivity contribution in [3.05, 3.63) is 59.5 Å². The number of nitrogens with one attached hydrogen (secondary N) is 2. The zero-order valence-electron chi connectivity index (χ0n) is 18.3. The third-order valence-corrected chi connectivity index (χ3v) is 5.06. The summed E-state index contributed by atoms with van der Waals surface area (Å²) in [5.41, 5.74) is 2.10. The minimum Gasteiger partial charge on any atom is -0.478 e. The Morgan fingerprint density at radius 1 is 1.19 bits per heavy atom. The number of pyridine rings is 1. The first-order valence-corrected chi connectivity index (χ1v) is 10.9. The van der Waals surface area contributed by atoms with E-state index in [1.165, 1.54) is 12.1 Å². The highest BCUT2D eigenvalue weighted by molar-refractivity contribution is 5.79. The van der Waals surface area contributed by atoms with Gasteiger partial charge in [0, 0.05) is 38.4 Å². The van der Waals surface area contributed by atoms with Gasteiger partial charge >= 0.3 is 0 Å². The van der Waals surface area contributed by atoms with Crippen LogP contribution in [0.25, 0.3) is 0 Å². The van der Waals surface area contributed by atoms with Crippen LogP contribution in [0.3, 0.4) is 0 Å². The Morgan fingerprint density at radius 2 is 1.97 bits per heavy atom. The lowest BCUT2D eigenvalue weighted by Gasteiger charge is -2.35. The van der Waals surface area contributed by atoms with Crippen LogP contribution in [-0.2, 0) is 11.3 Å². The second-order valence-corrected chi connectivity index (χ2v) is 7.23. The van der Waals surface area contributed by atoms with Crippen molar-refractivity contribution in [2.45, 2.75) is 26.4 Å². The molecule has 0 amide bonds. The largest absolute Gasteiger partial charge is 0.478 e. The predicted molar refractivity (Wildman–Crippen MR) is 120 cm³/mol. The summed E-state index contributed by atoms with van der Waals surface area (Å²) < 4.78 is 24.4. The minimum atomic E-state index is -0.226. The van der Waals surface area contributed by atoms with Gasteiger partial charge in [0.25, 0.3) is 0 Å². The molecule has 1 aliphatic heterocycles. The number of rotatable bonds is 9. The molecule has 2 heterocycles. The van der Waals surface area contributed by atoms with Gasteiger partial charge in [-0.3, -0.25) is 4.90 Å². The van der Waals surface area contributed by atoms with Crippen molar-refractivity contribution in [3.63, 3.8) is 0 Å². The highest BCUT2D eigenvalue weighted by atomic mass is 19.1. The Kier molecular flexibility index (Phi) is 9.05. The Hall–Kier alpha value is -2.71. The van der Waals surface area contributed by atoms with Crippen LogP contribution < -0.4 is 15.4 Å². The van der Waals surface area contributed by atoms with E-state index in [2.05, 4.69) is 20.5 Å².